The zero-order valence-electron chi connectivity index (χ0n) is 4.09. The molecule has 42 valence electrons. The fourth-order valence-corrected chi connectivity index (χ4v) is 0. The maximum atomic E-state index is 9.10. The first kappa shape index (κ1) is 15.7. The third-order valence-electron chi connectivity index (χ3n) is 0.183. The Balaban J connectivity index is -0.000000125. The van der Waals surface area contributed by atoms with Gasteiger partial charge in [-0.15, -0.1) is 0 Å². The summed E-state index contributed by atoms with van der Waals surface area (Å²) in [4.78, 5) is 18.2. The third kappa shape index (κ3) is 9.27. The smallest absolute Gasteiger partial charge is 1.00 e. The van der Waals surface area contributed by atoms with Gasteiger partial charge in [0.2, 0.25) is 0 Å². The van der Waals surface area contributed by atoms with E-state index in [9.17, 15) is 0 Å². The van der Waals surface area contributed by atoms with Crippen LogP contribution in [0.2, 0.25) is 0 Å². The minimum absolute atomic E-state index is 0. The van der Waals surface area contributed by atoms with Gasteiger partial charge in [0.25, 0.3) is 0 Å². The molecule has 0 aromatic heterocycles. The molecule has 0 saturated heterocycles. The summed E-state index contributed by atoms with van der Waals surface area (Å²) in [5.41, 5.74) is 0. The summed E-state index contributed by atoms with van der Waals surface area (Å²) in [6.45, 7) is 0. The van der Waals surface area contributed by atoms with Crippen LogP contribution in [0.5, 0.6) is 0 Å². The van der Waals surface area contributed by atoms with E-state index in [2.05, 4.69) is 0 Å². The van der Waals surface area contributed by atoms with Crippen LogP contribution in [0.15, 0.2) is 0 Å². The van der Waals surface area contributed by atoms with Crippen molar-refractivity contribution in [3.05, 3.63) is 0 Å². The van der Waals surface area contributed by atoms with Crippen LogP contribution >= 0.6 is 0 Å². The second-order valence-corrected chi connectivity index (χ2v) is 0.610. The maximum Gasteiger partial charge on any atom is 1.00 e. The first-order valence-electron chi connectivity index (χ1n) is 1.11. The number of halogens is 1. The van der Waals surface area contributed by atoms with Crippen molar-refractivity contribution in [3.8, 4) is 0 Å². The van der Waals surface area contributed by atoms with E-state index in [1.165, 1.54) is 0 Å². The number of carboxylic acids is 2. The van der Waals surface area contributed by atoms with Gasteiger partial charge in [0.05, 0.1) is 0 Å². The topological polar surface area (TPSA) is 74.6 Å². The van der Waals surface area contributed by atoms with E-state index in [-0.39, 0.29) is 31.3 Å². The zero-order chi connectivity index (χ0) is 5.15. The van der Waals surface area contributed by atoms with Crippen LogP contribution in [0, 0.1) is 0 Å². The van der Waals surface area contributed by atoms with Gasteiger partial charge >= 0.3 is 30.8 Å². The van der Waals surface area contributed by atoms with Crippen molar-refractivity contribution in [2.45, 2.75) is 0 Å². The first-order chi connectivity index (χ1) is 2.64. The Morgan fingerprint density at radius 2 is 1.12 bits per heavy atom. The van der Waals surface area contributed by atoms with E-state index in [4.69, 9.17) is 19.8 Å². The van der Waals surface area contributed by atoms with Crippen molar-refractivity contribution in [2.75, 3.05) is 0 Å². The molecular weight excluding hydrogens is 130 g/mol. The molecule has 0 radical (unpaired) electrons. The summed E-state index contributed by atoms with van der Waals surface area (Å²) in [7, 11) is 0. The van der Waals surface area contributed by atoms with Crippen LogP contribution in [-0.2, 0) is 9.59 Å². The Morgan fingerprint density at radius 1 is 1.00 bits per heavy atom. The van der Waals surface area contributed by atoms with E-state index in [0.29, 0.717) is 0 Å². The van der Waals surface area contributed by atoms with Gasteiger partial charge in [0, 0.05) is 0 Å². The van der Waals surface area contributed by atoms with Crippen LogP contribution in [0.25, 0.3) is 0 Å². The molecule has 0 rings (SSSR count). The number of rotatable bonds is 0. The fraction of sp³-hybridized carbons (Fsp3) is 0. The van der Waals surface area contributed by atoms with Crippen molar-refractivity contribution in [3.63, 3.8) is 0 Å². The molecule has 0 bridgehead atoms. The molecule has 0 aromatic rings. The fourth-order valence-electron chi connectivity index (χ4n) is 0. The Labute approximate surface area is 63.5 Å². The normalized spacial score (nSPS) is 5.50. The molecule has 0 unspecified atom stereocenters. The Hall–Kier alpha value is -0.173. The number of carbonyl (C=O) groups is 2. The Bertz CT molecular complexity index is 80.0. The van der Waals surface area contributed by atoms with Crippen molar-refractivity contribution in [2.24, 2.45) is 0 Å². The predicted molar refractivity (Wildman–Crippen MR) is 15.3 cm³/mol. The monoisotopic (exact) mass is 132 g/mol. The molecule has 4 nitrogen and oxygen atoms in total. The Kier molecular flexibility index (Phi) is 13.4. The molecule has 0 spiro atoms. The molecule has 0 saturated carbocycles. The molecule has 0 aliphatic carbocycles. The minimum Gasteiger partial charge on any atom is -1.00 e. The summed E-state index contributed by atoms with van der Waals surface area (Å²) in [5, 5.41) is 14.8. The Morgan fingerprint density at radius 3 is 1.12 bits per heavy atom. The third-order valence-corrected chi connectivity index (χ3v) is 0.183. The first-order valence-corrected chi connectivity index (χ1v) is 1.11. The quantitative estimate of drug-likeness (QED) is 0.254. The van der Waals surface area contributed by atoms with E-state index in [1.807, 2.05) is 0 Å². The maximum absolute atomic E-state index is 9.10. The van der Waals surface area contributed by atoms with Crippen LogP contribution in [0.1, 0.15) is 0 Å². The molecule has 0 heterocycles. The molecule has 0 aliphatic heterocycles. The molecular formula is C2H2ClLiO4. The van der Waals surface area contributed by atoms with Gasteiger partial charge in [-0.1, -0.05) is 0 Å². The van der Waals surface area contributed by atoms with Gasteiger partial charge in [-0.05, 0) is 0 Å². The van der Waals surface area contributed by atoms with Gasteiger partial charge in [-0.3, -0.25) is 0 Å². The molecule has 0 amide bonds. The molecule has 6 heteroatoms. The van der Waals surface area contributed by atoms with Gasteiger partial charge in [-0.2, -0.15) is 0 Å². The summed E-state index contributed by atoms with van der Waals surface area (Å²) < 4.78 is 0. The van der Waals surface area contributed by atoms with Crippen molar-refractivity contribution in [1.82, 2.24) is 0 Å². The van der Waals surface area contributed by atoms with E-state index in [1.54, 1.807) is 0 Å². The number of hydrogen-bond acceptors (Lipinski definition) is 2. The van der Waals surface area contributed by atoms with Gasteiger partial charge in [-0.25, -0.2) is 9.59 Å². The summed E-state index contributed by atoms with van der Waals surface area (Å²) in [6.07, 6.45) is 0. The van der Waals surface area contributed by atoms with Crippen LogP contribution in [-0.4, -0.2) is 22.2 Å². The van der Waals surface area contributed by atoms with Crippen molar-refractivity contribution in [1.29, 1.82) is 0 Å². The zero-order valence-corrected chi connectivity index (χ0v) is 4.84. The summed E-state index contributed by atoms with van der Waals surface area (Å²) in [5.74, 6) is -3.65. The summed E-state index contributed by atoms with van der Waals surface area (Å²) in [6, 6.07) is 0. The number of aliphatic carboxylic acids is 2. The molecule has 0 fully saturated rings. The molecule has 0 aromatic carbocycles. The molecule has 8 heavy (non-hydrogen) atoms. The van der Waals surface area contributed by atoms with Crippen LogP contribution in [0.4, 0.5) is 0 Å². The van der Waals surface area contributed by atoms with Crippen molar-refractivity contribution >= 4 is 11.9 Å². The van der Waals surface area contributed by atoms with Gasteiger partial charge < -0.3 is 22.6 Å². The van der Waals surface area contributed by atoms with Gasteiger partial charge in [0.1, 0.15) is 0 Å². The molecule has 0 atom stereocenters. The van der Waals surface area contributed by atoms with Crippen LogP contribution in [0.3, 0.4) is 0 Å². The van der Waals surface area contributed by atoms with E-state index < -0.39 is 11.9 Å². The van der Waals surface area contributed by atoms with E-state index in [0.717, 1.165) is 0 Å². The second-order valence-electron chi connectivity index (χ2n) is 0.610. The largest absolute Gasteiger partial charge is 1.00 e. The SMILES string of the molecule is O=C(O)C(=O)O.[Cl-].[Li+]. The summed E-state index contributed by atoms with van der Waals surface area (Å²) >= 11 is 0. The average Bonchev–Trinajstić information content (AvgIpc) is 1.36. The molecule has 0 aliphatic rings. The van der Waals surface area contributed by atoms with Gasteiger partial charge in [0.15, 0.2) is 0 Å². The van der Waals surface area contributed by atoms with E-state index >= 15 is 0 Å². The van der Waals surface area contributed by atoms with Crippen LogP contribution < -0.4 is 31.3 Å². The predicted octanol–water partition coefficient (Wildman–Crippen LogP) is -6.84. The average molecular weight is 132 g/mol. The number of carboxylic acid groups (broad SMARTS) is 2. The second kappa shape index (κ2) is 6.83. The minimum atomic E-state index is -1.82. The molecule has 2 N–H and O–H groups in total. The number of hydrogen-bond donors (Lipinski definition) is 2. The van der Waals surface area contributed by atoms with Crippen molar-refractivity contribution < 1.29 is 51.1 Å². The standard InChI is InChI=1S/C2H2O4.ClH.Li/c3-1(4)2(5)6;;/h(H,3,4)(H,5,6);1H;/q;;+1/p-1.